The second kappa shape index (κ2) is 6.01. The molecule has 0 saturated carbocycles. The van der Waals surface area contributed by atoms with Gasteiger partial charge in [0.25, 0.3) is 5.91 Å². The van der Waals surface area contributed by atoms with Gasteiger partial charge in [0.15, 0.2) is 0 Å². The van der Waals surface area contributed by atoms with Crippen molar-refractivity contribution >= 4 is 11.8 Å². The number of nitrogens with zero attached hydrogens (tertiary/aromatic N) is 1. The second-order valence-corrected chi connectivity index (χ2v) is 5.38. The number of amides is 2. The van der Waals surface area contributed by atoms with Crippen molar-refractivity contribution in [2.45, 2.75) is 38.3 Å². The van der Waals surface area contributed by atoms with Crippen LogP contribution in [0.1, 0.15) is 32.3 Å². The number of hydrogen-bond donors (Lipinski definition) is 1. The first-order valence-corrected chi connectivity index (χ1v) is 7.16. The summed E-state index contributed by atoms with van der Waals surface area (Å²) in [7, 11) is 0. The van der Waals surface area contributed by atoms with Gasteiger partial charge in [-0.2, -0.15) is 0 Å². The number of terminal acetylenes is 1. The van der Waals surface area contributed by atoms with Gasteiger partial charge in [0.1, 0.15) is 5.54 Å². The van der Waals surface area contributed by atoms with Crippen LogP contribution in [0.3, 0.4) is 0 Å². The molecule has 1 aliphatic rings. The normalized spacial score (nSPS) is 24.0. The maximum Gasteiger partial charge on any atom is 0.253 e. The molecule has 0 aliphatic carbocycles. The maximum absolute atomic E-state index is 13.0. The van der Waals surface area contributed by atoms with Crippen molar-refractivity contribution in [2.75, 3.05) is 6.54 Å². The number of rotatable bonds is 3. The van der Waals surface area contributed by atoms with Crippen LogP contribution >= 0.6 is 0 Å². The van der Waals surface area contributed by atoms with Gasteiger partial charge in [-0.1, -0.05) is 43.2 Å². The van der Waals surface area contributed by atoms with Crippen LogP contribution in [0, 0.1) is 12.3 Å². The molecule has 4 nitrogen and oxygen atoms in total. The first-order chi connectivity index (χ1) is 10.0. The molecule has 21 heavy (non-hydrogen) atoms. The Kier molecular flexibility index (Phi) is 4.32. The minimum atomic E-state index is -1.07. The number of carbonyl (C=O) groups excluding carboxylic acids is 2. The van der Waals surface area contributed by atoms with Crippen LogP contribution in [-0.2, 0) is 15.1 Å². The molecule has 0 aromatic heterocycles. The van der Waals surface area contributed by atoms with Gasteiger partial charge in [-0.05, 0) is 18.9 Å². The lowest BCUT2D eigenvalue weighted by Crippen LogP contribution is -2.54. The fourth-order valence-electron chi connectivity index (χ4n) is 2.70. The molecule has 1 aromatic carbocycles. The standard InChI is InChI=1S/C17H20N2O2/c1-4-14(5-2)19-12-11-15(20)18-17(3,16(19)21)13-9-7-6-8-10-13/h1,6-10,14H,5,11-12H2,2-3H3,(H,18,20). The number of nitrogens with one attached hydrogen (secondary N) is 1. The summed E-state index contributed by atoms with van der Waals surface area (Å²) >= 11 is 0. The molecule has 2 atom stereocenters. The average Bonchev–Trinajstić information content (AvgIpc) is 2.61. The third-order valence-electron chi connectivity index (χ3n) is 3.96. The Labute approximate surface area is 125 Å². The average molecular weight is 284 g/mol. The summed E-state index contributed by atoms with van der Waals surface area (Å²) in [6.07, 6.45) is 6.48. The van der Waals surface area contributed by atoms with Gasteiger partial charge in [0.2, 0.25) is 5.91 Å². The van der Waals surface area contributed by atoms with Crippen LogP contribution in [-0.4, -0.2) is 29.3 Å². The fourth-order valence-corrected chi connectivity index (χ4v) is 2.70. The molecule has 1 N–H and O–H groups in total. The Morgan fingerprint density at radius 1 is 1.38 bits per heavy atom. The summed E-state index contributed by atoms with van der Waals surface area (Å²) in [5, 5.41) is 2.86. The zero-order valence-corrected chi connectivity index (χ0v) is 12.4. The Bertz CT molecular complexity index is 576. The zero-order chi connectivity index (χ0) is 15.5. The quantitative estimate of drug-likeness (QED) is 0.858. The summed E-state index contributed by atoms with van der Waals surface area (Å²) in [5.74, 6) is 2.37. The molecular formula is C17H20N2O2. The summed E-state index contributed by atoms with van der Waals surface area (Å²) in [5.41, 5.74) is -0.304. The van der Waals surface area contributed by atoms with E-state index in [1.54, 1.807) is 11.8 Å². The first kappa shape index (κ1) is 15.1. The highest BCUT2D eigenvalue weighted by molar-refractivity contribution is 5.94. The molecular weight excluding hydrogens is 264 g/mol. The lowest BCUT2D eigenvalue weighted by molar-refractivity contribution is -0.139. The molecule has 4 heteroatoms. The van der Waals surface area contributed by atoms with E-state index in [1.807, 2.05) is 37.3 Å². The highest BCUT2D eigenvalue weighted by atomic mass is 16.2. The molecule has 1 aliphatic heterocycles. The van der Waals surface area contributed by atoms with E-state index < -0.39 is 5.54 Å². The van der Waals surface area contributed by atoms with Gasteiger partial charge in [-0.25, -0.2) is 0 Å². The summed E-state index contributed by atoms with van der Waals surface area (Å²) in [6, 6.07) is 9.00. The van der Waals surface area contributed by atoms with E-state index in [1.165, 1.54) is 0 Å². The Hall–Kier alpha value is -2.28. The summed E-state index contributed by atoms with van der Waals surface area (Å²) < 4.78 is 0. The van der Waals surface area contributed by atoms with E-state index in [0.29, 0.717) is 13.0 Å². The number of carbonyl (C=O) groups is 2. The van der Waals surface area contributed by atoms with Crippen molar-refractivity contribution in [3.63, 3.8) is 0 Å². The van der Waals surface area contributed by atoms with Gasteiger partial charge >= 0.3 is 0 Å². The predicted octanol–water partition coefficient (Wildman–Crippen LogP) is 1.66. The van der Waals surface area contributed by atoms with Gasteiger partial charge in [0, 0.05) is 13.0 Å². The largest absolute Gasteiger partial charge is 0.338 e. The third kappa shape index (κ3) is 2.78. The van der Waals surface area contributed by atoms with E-state index in [0.717, 1.165) is 5.56 Å². The molecule has 2 rings (SSSR count). The topological polar surface area (TPSA) is 49.4 Å². The van der Waals surface area contributed by atoms with Crippen LogP contribution in [0.15, 0.2) is 30.3 Å². The Morgan fingerprint density at radius 3 is 2.62 bits per heavy atom. The van der Waals surface area contributed by atoms with Crippen molar-refractivity contribution in [2.24, 2.45) is 0 Å². The molecule has 0 radical (unpaired) electrons. The predicted molar refractivity (Wildman–Crippen MR) is 81.2 cm³/mol. The van der Waals surface area contributed by atoms with E-state index in [2.05, 4.69) is 11.2 Å². The van der Waals surface area contributed by atoms with E-state index in [-0.39, 0.29) is 24.3 Å². The van der Waals surface area contributed by atoms with E-state index in [4.69, 9.17) is 6.42 Å². The van der Waals surface area contributed by atoms with Crippen molar-refractivity contribution < 1.29 is 9.59 Å². The fraction of sp³-hybridized carbons (Fsp3) is 0.412. The van der Waals surface area contributed by atoms with E-state index >= 15 is 0 Å². The van der Waals surface area contributed by atoms with Crippen LogP contribution in [0.25, 0.3) is 0 Å². The zero-order valence-electron chi connectivity index (χ0n) is 12.4. The van der Waals surface area contributed by atoms with Crippen molar-refractivity contribution in [3.8, 4) is 12.3 Å². The highest BCUT2D eigenvalue weighted by Crippen LogP contribution is 2.27. The van der Waals surface area contributed by atoms with Gasteiger partial charge in [0.05, 0.1) is 6.04 Å². The molecule has 1 saturated heterocycles. The van der Waals surface area contributed by atoms with Crippen LogP contribution in [0.4, 0.5) is 0 Å². The first-order valence-electron chi connectivity index (χ1n) is 7.16. The monoisotopic (exact) mass is 284 g/mol. The van der Waals surface area contributed by atoms with Crippen LogP contribution in [0.5, 0.6) is 0 Å². The summed E-state index contributed by atoms with van der Waals surface area (Å²) in [6.45, 7) is 4.04. The molecule has 1 heterocycles. The lowest BCUT2D eigenvalue weighted by Gasteiger charge is -2.34. The third-order valence-corrected chi connectivity index (χ3v) is 3.96. The van der Waals surface area contributed by atoms with Gasteiger partial charge < -0.3 is 10.2 Å². The Balaban J connectivity index is 2.46. The number of hydrogen-bond acceptors (Lipinski definition) is 2. The highest BCUT2D eigenvalue weighted by Gasteiger charge is 2.43. The smallest absolute Gasteiger partial charge is 0.253 e. The second-order valence-electron chi connectivity index (χ2n) is 5.38. The van der Waals surface area contributed by atoms with Gasteiger partial charge in [-0.3, -0.25) is 9.59 Å². The van der Waals surface area contributed by atoms with E-state index in [9.17, 15) is 9.59 Å². The molecule has 1 aromatic rings. The SMILES string of the molecule is C#CC(CC)N1CCC(=O)NC(C)(c2ccccc2)C1=O. The van der Waals surface area contributed by atoms with Gasteiger partial charge in [-0.15, -0.1) is 6.42 Å². The van der Waals surface area contributed by atoms with Crippen LogP contribution < -0.4 is 5.32 Å². The van der Waals surface area contributed by atoms with Crippen molar-refractivity contribution in [1.29, 1.82) is 0 Å². The van der Waals surface area contributed by atoms with Crippen molar-refractivity contribution in [3.05, 3.63) is 35.9 Å². The minimum Gasteiger partial charge on any atom is -0.338 e. The molecule has 2 amide bonds. The lowest BCUT2D eigenvalue weighted by atomic mass is 9.90. The minimum absolute atomic E-state index is 0.135. The van der Waals surface area contributed by atoms with Crippen molar-refractivity contribution in [1.82, 2.24) is 10.2 Å². The molecule has 1 fully saturated rings. The Morgan fingerprint density at radius 2 is 2.05 bits per heavy atom. The maximum atomic E-state index is 13.0. The van der Waals surface area contributed by atoms with Crippen LogP contribution in [0.2, 0.25) is 0 Å². The molecule has 110 valence electrons. The molecule has 2 unspecified atom stereocenters. The molecule has 0 spiro atoms. The number of benzene rings is 1. The summed E-state index contributed by atoms with van der Waals surface area (Å²) in [4.78, 5) is 26.7. The molecule has 0 bridgehead atoms.